The maximum absolute atomic E-state index is 12.6. The Kier molecular flexibility index (Phi) is 5.01. The molecule has 0 radical (unpaired) electrons. The fraction of sp³-hybridized carbons (Fsp3) is 0.294. The van der Waals surface area contributed by atoms with Crippen molar-refractivity contribution in [3.63, 3.8) is 0 Å². The normalized spacial score (nSPS) is 14.7. The summed E-state index contributed by atoms with van der Waals surface area (Å²) in [5, 5.41) is 13.7. The molecule has 9 heteroatoms. The number of nitrogens with one attached hydrogen (secondary N) is 1. The average Bonchev–Trinajstić information content (AvgIpc) is 3.22. The number of carboxylic acids is 1. The van der Waals surface area contributed by atoms with Crippen LogP contribution in [0.5, 0.6) is 0 Å². The Morgan fingerprint density at radius 1 is 1.35 bits per heavy atom. The minimum Gasteiger partial charge on any atom is -0.481 e. The molecule has 1 aromatic carbocycles. The first kappa shape index (κ1) is 18.4. The highest BCUT2D eigenvalue weighted by Crippen LogP contribution is 2.31. The number of anilines is 1. The van der Waals surface area contributed by atoms with Gasteiger partial charge in [0.15, 0.2) is 0 Å². The summed E-state index contributed by atoms with van der Waals surface area (Å²) >= 11 is 1.38. The number of amides is 1. The molecule has 0 saturated heterocycles. The predicted octanol–water partition coefficient (Wildman–Crippen LogP) is 2.02. The van der Waals surface area contributed by atoms with E-state index < -0.39 is 22.0 Å². The molecule has 1 aromatic heterocycles. The van der Waals surface area contributed by atoms with Crippen LogP contribution in [0.3, 0.4) is 0 Å². The van der Waals surface area contributed by atoms with Crippen molar-refractivity contribution < 1.29 is 23.1 Å². The Bertz CT molecular complexity index is 938. The van der Waals surface area contributed by atoms with Gasteiger partial charge in [0, 0.05) is 17.0 Å². The lowest BCUT2D eigenvalue weighted by molar-refractivity contribution is -0.137. The van der Waals surface area contributed by atoms with Crippen molar-refractivity contribution in [3.05, 3.63) is 51.7 Å². The van der Waals surface area contributed by atoms with Crippen LogP contribution in [0.1, 0.15) is 33.3 Å². The number of sulfonamides is 1. The number of carbonyl (C=O) groups excluding carboxylic acids is 1. The molecule has 0 bridgehead atoms. The summed E-state index contributed by atoms with van der Waals surface area (Å²) in [5.74, 6) is -1.38. The van der Waals surface area contributed by atoms with E-state index in [4.69, 9.17) is 5.11 Å². The smallest absolute Gasteiger partial charge is 0.305 e. The summed E-state index contributed by atoms with van der Waals surface area (Å²) in [6, 6.07) is 7.82. The molecule has 138 valence electrons. The second kappa shape index (κ2) is 7.08. The minimum atomic E-state index is -3.34. The minimum absolute atomic E-state index is 0.209. The van der Waals surface area contributed by atoms with Crippen LogP contribution in [0.4, 0.5) is 5.69 Å². The van der Waals surface area contributed by atoms with Gasteiger partial charge in [-0.2, -0.15) is 0 Å². The summed E-state index contributed by atoms with van der Waals surface area (Å²) < 4.78 is 24.9. The molecule has 1 aliphatic rings. The van der Waals surface area contributed by atoms with E-state index in [0.29, 0.717) is 24.2 Å². The number of nitrogens with zero attached hydrogens (tertiary/aromatic N) is 1. The van der Waals surface area contributed by atoms with Gasteiger partial charge in [0.1, 0.15) is 0 Å². The van der Waals surface area contributed by atoms with E-state index >= 15 is 0 Å². The maximum Gasteiger partial charge on any atom is 0.305 e. The van der Waals surface area contributed by atoms with Crippen LogP contribution >= 0.6 is 11.3 Å². The Balaban J connectivity index is 1.81. The molecule has 7 nitrogen and oxygen atoms in total. The van der Waals surface area contributed by atoms with Crippen molar-refractivity contribution in [2.24, 2.45) is 0 Å². The maximum atomic E-state index is 12.6. The van der Waals surface area contributed by atoms with Gasteiger partial charge in [0.05, 0.1) is 24.4 Å². The van der Waals surface area contributed by atoms with Crippen molar-refractivity contribution in [2.45, 2.75) is 18.9 Å². The lowest BCUT2D eigenvalue weighted by atomic mass is 10.1. The number of fused-ring (bicyclic) bond motifs is 1. The Morgan fingerprint density at radius 3 is 2.73 bits per heavy atom. The third kappa shape index (κ3) is 3.88. The number of carboxylic acid groups (broad SMARTS) is 1. The molecule has 0 fully saturated rings. The zero-order valence-corrected chi connectivity index (χ0v) is 15.6. The van der Waals surface area contributed by atoms with E-state index in [-0.39, 0.29) is 12.3 Å². The standard InChI is InChI=1S/C17H18N2O5S2/c1-26(23,24)19-7-6-11-9-12(4-5-14(11)19)17(22)18-13(10-16(20)21)15-3-2-8-25-15/h2-5,8-9,13H,6-7,10H2,1H3,(H,18,22)(H,20,21). The first-order valence-electron chi connectivity index (χ1n) is 7.92. The van der Waals surface area contributed by atoms with Crippen molar-refractivity contribution in [1.82, 2.24) is 5.32 Å². The molecule has 0 aliphatic carbocycles. The molecule has 1 atom stereocenters. The fourth-order valence-electron chi connectivity index (χ4n) is 2.99. The van der Waals surface area contributed by atoms with Gasteiger partial charge < -0.3 is 10.4 Å². The fourth-order valence-corrected chi connectivity index (χ4v) is 4.72. The number of rotatable bonds is 6. The molecule has 1 aliphatic heterocycles. The second-order valence-electron chi connectivity index (χ2n) is 6.07. The Hall–Kier alpha value is -2.39. The second-order valence-corrected chi connectivity index (χ2v) is 8.95. The summed E-state index contributed by atoms with van der Waals surface area (Å²) in [6.07, 6.45) is 1.48. The third-order valence-electron chi connectivity index (χ3n) is 4.17. The summed E-state index contributed by atoms with van der Waals surface area (Å²) in [5.41, 5.74) is 1.75. The first-order chi connectivity index (χ1) is 12.3. The molecule has 1 unspecified atom stereocenters. The topological polar surface area (TPSA) is 104 Å². The van der Waals surface area contributed by atoms with Crippen LogP contribution in [0.2, 0.25) is 0 Å². The van der Waals surface area contributed by atoms with Gasteiger partial charge in [-0.05, 0) is 41.6 Å². The molecular weight excluding hydrogens is 376 g/mol. The van der Waals surface area contributed by atoms with Crippen molar-refractivity contribution in [3.8, 4) is 0 Å². The highest BCUT2D eigenvalue weighted by atomic mass is 32.2. The van der Waals surface area contributed by atoms with E-state index in [1.807, 2.05) is 5.38 Å². The Morgan fingerprint density at radius 2 is 2.12 bits per heavy atom. The van der Waals surface area contributed by atoms with Crippen LogP contribution in [-0.4, -0.2) is 38.2 Å². The van der Waals surface area contributed by atoms with Gasteiger partial charge in [-0.1, -0.05) is 6.07 Å². The largest absolute Gasteiger partial charge is 0.481 e. The number of benzene rings is 1. The van der Waals surface area contributed by atoms with E-state index in [1.165, 1.54) is 15.6 Å². The highest BCUT2D eigenvalue weighted by molar-refractivity contribution is 7.92. The van der Waals surface area contributed by atoms with E-state index in [1.54, 1.807) is 30.3 Å². The third-order valence-corrected chi connectivity index (χ3v) is 6.33. The number of carbonyl (C=O) groups is 2. The van der Waals surface area contributed by atoms with Gasteiger partial charge in [-0.3, -0.25) is 13.9 Å². The van der Waals surface area contributed by atoms with Gasteiger partial charge in [-0.15, -0.1) is 11.3 Å². The molecule has 3 rings (SSSR count). The van der Waals surface area contributed by atoms with E-state index in [2.05, 4.69) is 5.32 Å². The van der Waals surface area contributed by atoms with Gasteiger partial charge in [0.25, 0.3) is 5.91 Å². The van der Waals surface area contributed by atoms with Crippen LogP contribution in [-0.2, 0) is 21.2 Å². The van der Waals surface area contributed by atoms with Crippen molar-refractivity contribution in [1.29, 1.82) is 0 Å². The number of thiophene rings is 1. The molecule has 26 heavy (non-hydrogen) atoms. The zero-order chi connectivity index (χ0) is 18.9. The zero-order valence-electron chi connectivity index (χ0n) is 14.0. The molecule has 0 saturated carbocycles. The number of hydrogen-bond acceptors (Lipinski definition) is 5. The van der Waals surface area contributed by atoms with Crippen molar-refractivity contribution in [2.75, 3.05) is 17.1 Å². The number of aliphatic carboxylic acids is 1. The quantitative estimate of drug-likeness (QED) is 0.780. The lowest BCUT2D eigenvalue weighted by Gasteiger charge is -2.18. The SMILES string of the molecule is CS(=O)(=O)N1CCc2cc(C(=O)NC(CC(=O)O)c3cccs3)ccc21. The molecule has 0 spiro atoms. The van der Waals surface area contributed by atoms with Gasteiger partial charge in [0.2, 0.25) is 10.0 Å². The van der Waals surface area contributed by atoms with E-state index in [9.17, 15) is 18.0 Å². The molecule has 2 N–H and O–H groups in total. The first-order valence-corrected chi connectivity index (χ1v) is 10.6. The van der Waals surface area contributed by atoms with Crippen molar-refractivity contribution >= 4 is 38.9 Å². The summed E-state index contributed by atoms with van der Waals surface area (Å²) in [7, 11) is -3.34. The predicted molar refractivity (Wildman–Crippen MR) is 99.1 cm³/mol. The van der Waals surface area contributed by atoms with Crippen LogP contribution in [0.25, 0.3) is 0 Å². The molecule has 2 heterocycles. The monoisotopic (exact) mass is 394 g/mol. The van der Waals surface area contributed by atoms with Crippen LogP contribution < -0.4 is 9.62 Å². The van der Waals surface area contributed by atoms with Crippen LogP contribution in [0, 0.1) is 0 Å². The highest BCUT2D eigenvalue weighted by Gasteiger charge is 2.27. The molecule has 2 aromatic rings. The van der Waals surface area contributed by atoms with E-state index in [0.717, 1.165) is 16.7 Å². The molecular formula is C17H18N2O5S2. The molecule has 1 amide bonds. The Labute approximate surface area is 155 Å². The lowest BCUT2D eigenvalue weighted by Crippen LogP contribution is -2.30. The van der Waals surface area contributed by atoms with Gasteiger partial charge in [-0.25, -0.2) is 8.42 Å². The van der Waals surface area contributed by atoms with Crippen LogP contribution in [0.15, 0.2) is 35.7 Å². The summed E-state index contributed by atoms with van der Waals surface area (Å²) in [4.78, 5) is 24.4. The summed E-state index contributed by atoms with van der Waals surface area (Å²) in [6.45, 7) is 0.357. The van der Waals surface area contributed by atoms with Gasteiger partial charge >= 0.3 is 5.97 Å². The number of hydrogen-bond donors (Lipinski definition) is 2. The average molecular weight is 394 g/mol.